The molecule has 3 fully saturated rings. The highest BCUT2D eigenvalue weighted by molar-refractivity contribution is 5.87. The SMILES string of the molecule is O=C(NC1C2CN(Cc3ccc(O)c([N+](=O)[O-])c3)C[C@@H]21)C(O)(c1ccccc1)C1CCCC1. The van der Waals surface area contributed by atoms with Gasteiger partial charge in [0.1, 0.15) is 0 Å². The molecule has 33 heavy (non-hydrogen) atoms. The van der Waals surface area contributed by atoms with Gasteiger partial charge in [0.2, 0.25) is 0 Å². The molecular weight excluding hydrogens is 422 g/mol. The van der Waals surface area contributed by atoms with E-state index in [9.17, 15) is 25.1 Å². The lowest BCUT2D eigenvalue weighted by atomic mass is 9.79. The Kier molecular flexibility index (Phi) is 5.58. The Balaban J connectivity index is 1.22. The summed E-state index contributed by atoms with van der Waals surface area (Å²) in [7, 11) is 0. The lowest BCUT2D eigenvalue weighted by Gasteiger charge is -2.33. The van der Waals surface area contributed by atoms with E-state index in [4.69, 9.17) is 0 Å². The number of amides is 1. The van der Waals surface area contributed by atoms with E-state index in [-0.39, 0.29) is 29.3 Å². The number of piperidine rings is 1. The molecule has 174 valence electrons. The maximum atomic E-state index is 13.4. The molecule has 0 aromatic heterocycles. The molecule has 1 saturated heterocycles. The fraction of sp³-hybridized carbons (Fsp3) is 0.480. The number of benzene rings is 2. The lowest BCUT2D eigenvalue weighted by molar-refractivity contribution is -0.385. The van der Waals surface area contributed by atoms with E-state index < -0.39 is 10.5 Å². The number of phenolic OH excluding ortho intramolecular Hbond substituents is 1. The summed E-state index contributed by atoms with van der Waals surface area (Å²) in [6, 6.07) is 13.8. The maximum Gasteiger partial charge on any atom is 0.311 e. The van der Waals surface area contributed by atoms with Gasteiger partial charge in [0, 0.05) is 37.7 Å². The Morgan fingerprint density at radius 3 is 2.42 bits per heavy atom. The van der Waals surface area contributed by atoms with E-state index in [1.54, 1.807) is 6.07 Å². The zero-order chi connectivity index (χ0) is 23.2. The highest BCUT2D eigenvalue weighted by Crippen LogP contribution is 2.47. The van der Waals surface area contributed by atoms with Crippen LogP contribution < -0.4 is 5.32 Å². The summed E-state index contributed by atoms with van der Waals surface area (Å²) in [6.07, 6.45) is 3.77. The monoisotopic (exact) mass is 451 g/mol. The minimum absolute atomic E-state index is 0.0551. The molecule has 8 heteroatoms. The molecule has 2 aromatic rings. The van der Waals surface area contributed by atoms with Gasteiger partial charge in [-0.3, -0.25) is 19.8 Å². The number of fused-ring (bicyclic) bond motifs is 1. The van der Waals surface area contributed by atoms with Crippen molar-refractivity contribution in [3.8, 4) is 5.75 Å². The molecule has 1 amide bonds. The van der Waals surface area contributed by atoms with E-state index in [0.29, 0.717) is 23.9 Å². The van der Waals surface area contributed by atoms with Crippen molar-refractivity contribution in [1.82, 2.24) is 10.2 Å². The average molecular weight is 452 g/mol. The van der Waals surface area contributed by atoms with Crippen molar-refractivity contribution in [3.05, 3.63) is 69.8 Å². The molecule has 0 radical (unpaired) electrons. The molecule has 1 heterocycles. The summed E-state index contributed by atoms with van der Waals surface area (Å²) in [5.41, 5.74) is -0.342. The van der Waals surface area contributed by atoms with Crippen LogP contribution in [0.4, 0.5) is 5.69 Å². The normalized spacial score (nSPS) is 26.5. The van der Waals surface area contributed by atoms with Gasteiger partial charge < -0.3 is 15.5 Å². The van der Waals surface area contributed by atoms with Gasteiger partial charge in [0.25, 0.3) is 5.91 Å². The van der Waals surface area contributed by atoms with E-state index in [1.165, 1.54) is 12.1 Å². The van der Waals surface area contributed by atoms with Crippen LogP contribution in [0.15, 0.2) is 48.5 Å². The van der Waals surface area contributed by atoms with Gasteiger partial charge in [-0.2, -0.15) is 0 Å². The van der Waals surface area contributed by atoms with Gasteiger partial charge in [-0.15, -0.1) is 0 Å². The molecule has 2 saturated carbocycles. The quantitative estimate of drug-likeness (QED) is 0.440. The van der Waals surface area contributed by atoms with Crippen LogP contribution in [-0.2, 0) is 16.9 Å². The Hall–Kier alpha value is -2.97. The Morgan fingerprint density at radius 2 is 1.79 bits per heavy atom. The first-order valence-electron chi connectivity index (χ1n) is 11.7. The van der Waals surface area contributed by atoms with Crippen LogP contribution in [0.25, 0.3) is 0 Å². The summed E-state index contributed by atoms with van der Waals surface area (Å²) < 4.78 is 0. The number of aromatic hydroxyl groups is 1. The number of hydrogen-bond donors (Lipinski definition) is 3. The third kappa shape index (κ3) is 3.98. The number of nitro groups is 1. The number of carbonyl (C=O) groups excluding carboxylic acids is 1. The first-order valence-corrected chi connectivity index (χ1v) is 11.7. The molecular formula is C25H29N3O5. The highest BCUT2D eigenvalue weighted by atomic mass is 16.6. The van der Waals surface area contributed by atoms with Gasteiger partial charge in [-0.05, 0) is 41.9 Å². The maximum absolute atomic E-state index is 13.4. The van der Waals surface area contributed by atoms with E-state index in [2.05, 4.69) is 10.2 Å². The van der Waals surface area contributed by atoms with Gasteiger partial charge >= 0.3 is 5.69 Å². The second-order valence-corrected chi connectivity index (χ2v) is 9.72. The molecule has 4 atom stereocenters. The molecule has 0 spiro atoms. The molecule has 8 nitrogen and oxygen atoms in total. The molecule has 2 aromatic carbocycles. The Morgan fingerprint density at radius 1 is 1.12 bits per heavy atom. The molecule has 3 unspecified atom stereocenters. The van der Waals surface area contributed by atoms with Crippen molar-refractivity contribution < 1.29 is 19.9 Å². The second-order valence-electron chi connectivity index (χ2n) is 9.72. The fourth-order valence-electron chi connectivity index (χ4n) is 5.88. The molecule has 3 N–H and O–H groups in total. The lowest BCUT2D eigenvalue weighted by Crippen LogP contribution is -2.50. The topological polar surface area (TPSA) is 116 Å². The van der Waals surface area contributed by atoms with Crippen molar-refractivity contribution in [1.29, 1.82) is 0 Å². The molecule has 1 aliphatic heterocycles. The van der Waals surface area contributed by atoms with Crippen LogP contribution in [0.5, 0.6) is 5.75 Å². The predicted octanol–water partition coefficient (Wildman–Crippen LogP) is 2.92. The van der Waals surface area contributed by atoms with Crippen LogP contribution in [0.3, 0.4) is 0 Å². The summed E-state index contributed by atoms with van der Waals surface area (Å²) in [6.45, 7) is 2.14. The average Bonchev–Trinajstić information content (AvgIpc) is 3.23. The van der Waals surface area contributed by atoms with Gasteiger partial charge in [0.15, 0.2) is 11.4 Å². The van der Waals surface area contributed by atoms with Crippen molar-refractivity contribution in [2.24, 2.45) is 17.8 Å². The predicted molar refractivity (Wildman–Crippen MR) is 121 cm³/mol. The minimum Gasteiger partial charge on any atom is -0.502 e. The van der Waals surface area contributed by atoms with Crippen molar-refractivity contribution in [3.63, 3.8) is 0 Å². The smallest absolute Gasteiger partial charge is 0.311 e. The number of phenols is 1. The zero-order valence-corrected chi connectivity index (χ0v) is 18.4. The number of nitro benzene ring substituents is 1. The molecule has 3 aliphatic rings. The summed E-state index contributed by atoms with van der Waals surface area (Å²) in [5.74, 6) is -0.0424. The largest absolute Gasteiger partial charge is 0.502 e. The molecule has 0 bridgehead atoms. The van der Waals surface area contributed by atoms with Crippen molar-refractivity contribution in [2.45, 2.75) is 43.9 Å². The van der Waals surface area contributed by atoms with Gasteiger partial charge in [-0.1, -0.05) is 49.2 Å². The van der Waals surface area contributed by atoms with Crippen LogP contribution in [0.2, 0.25) is 0 Å². The van der Waals surface area contributed by atoms with Crippen molar-refractivity contribution >= 4 is 11.6 Å². The van der Waals surface area contributed by atoms with Gasteiger partial charge in [0.05, 0.1) is 4.92 Å². The summed E-state index contributed by atoms with van der Waals surface area (Å²) in [4.78, 5) is 26.1. The minimum atomic E-state index is -1.50. The first kappa shape index (κ1) is 21.9. The van der Waals surface area contributed by atoms with Crippen LogP contribution in [0, 0.1) is 27.9 Å². The highest BCUT2D eigenvalue weighted by Gasteiger charge is 2.58. The summed E-state index contributed by atoms with van der Waals surface area (Å²) in [5, 5.41) is 35.5. The van der Waals surface area contributed by atoms with Crippen LogP contribution in [-0.4, -0.2) is 45.1 Å². The Labute approximate surface area is 192 Å². The summed E-state index contributed by atoms with van der Waals surface area (Å²) >= 11 is 0. The van der Waals surface area contributed by atoms with Gasteiger partial charge in [-0.25, -0.2) is 0 Å². The number of likely N-dealkylation sites (tertiary alicyclic amines) is 1. The number of carbonyl (C=O) groups is 1. The van der Waals surface area contributed by atoms with Crippen molar-refractivity contribution in [2.75, 3.05) is 13.1 Å². The van der Waals surface area contributed by atoms with E-state index in [1.807, 2.05) is 30.3 Å². The number of nitrogens with one attached hydrogen (secondary N) is 1. The standard InChI is InChI=1S/C25H29N3O5/c29-22-11-10-16(12-21(22)28(32)33)13-27-14-19-20(15-27)23(19)26-24(30)25(31,18-8-4-5-9-18)17-6-2-1-3-7-17/h1-3,6-7,10-12,18-20,23,29,31H,4-5,8-9,13-15H2,(H,26,30)/t19-,20?,23?,25?/m0/s1. The van der Waals surface area contributed by atoms with E-state index in [0.717, 1.165) is 44.3 Å². The third-order valence-electron chi connectivity index (χ3n) is 7.72. The second kappa shape index (κ2) is 8.43. The first-order chi connectivity index (χ1) is 15.9. The third-order valence-corrected chi connectivity index (χ3v) is 7.72. The molecule has 5 rings (SSSR count). The van der Waals surface area contributed by atoms with Crippen LogP contribution >= 0.6 is 0 Å². The van der Waals surface area contributed by atoms with E-state index >= 15 is 0 Å². The molecule has 2 aliphatic carbocycles. The Bertz CT molecular complexity index is 1040. The number of hydrogen-bond acceptors (Lipinski definition) is 6. The number of nitrogens with zero attached hydrogens (tertiary/aromatic N) is 2. The number of rotatable bonds is 7. The number of aliphatic hydroxyl groups is 1. The van der Waals surface area contributed by atoms with Crippen LogP contribution in [0.1, 0.15) is 36.8 Å². The fourth-order valence-corrected chi connectivity index (χ4v) is 5.88. The zero-order valence-electron chi connectivity index (χ0n) is 18.4.